The number of hydrogen-bond acceptors (Lipinski definition) is 3. The lowest BCUT2D eigenvalue weighted by Gasteiger charge is -2.30. The third kappa shape index (κ3) is 2.66. The molecule has 2 aromatic carbocycles. The van der Waals surface area contributed by atoms with E-state index in [2.05, 4.69) is 23.5 Å². The molecule has 1 unspecified atom stereocenters. The van der Waals surface area contributed by atoms with Gasteiger partial charge in [0.25, 0.3) is 0 Å². The summed E-state index contributed by atoms with van der Waals surface area (Å²) < 4.78 is 5.07. The van der Waals surface area contributed by atoms with Gasteiger partial charge < -0.3 is 4.74 Å². The Balaban J connectivity index is 2.06. The van der Waals surface area contributed by atoms with E-state index < -0.39 is 5.54 Å². The van der Waals surface area contributed by atoms with Crippen LogP contribution in [0, 0.1) is 5.92 Å². The molecule has 3 nitrogen and oxygen atoms in total. The standard InChI is InChI=1S/C18H21NO2/c1-18(17(20)21-2,19-12-13-10-11-13)16-9-5-7-14-6-3-4-8-15(14)16/h3-9,13,19H,10-12H2,1-2H3. The quantitative estimate of drug-likeness (QED) is 0.856. The van der Waals surface area contributed by atoms with Crippen LogP contribution in [0.2, 0.25) is 0 Å². The summed E-state index contributed by atoms with van der Waals surface area (Å²) >= 11 is 0. The minimum absolute atomic E-state index is 0.237. The summed E-state index contributed by atoms with van der Waals surface area (Å²) in [4.78, 5) is 12.4. The number of esters is 1. The van der Waals surface area contributed by atoms with E-state index in [1.54, 1.807) is 0 Å². The Kier molecular flexibility index (Phi) is 3.68. The van der Waals surface area contributed by atoms with E-state index >= 15 is 0 Å². The molecule has 0 saturated heterocycles. The Morgan fingerprint density at radius 2 is 1.95 bits per heavy atom. The first-order valence-corrected chi connectivity index (χ1v) is 7.47. The van der Waals surface area contributed by atoms with Crippen molar-refractivity contribution in [1.82, 2.24) is 5.32 Å². The van der Waals surface area contributed by atoms with Gasteiger partial charge in [0, 0.05) is 0 Å². The summed E-state index contributed by atoms with van der Waals surface area (Å²) in [5.41, 5.74) is 0.172. The number of benzene rings is 2. The number of ether oxygens (including phenoxy) is 1. The van der Waals surface area contributed by atoms with Gasteiger partial charge in [-0.15, -0.1) is 0 Å². The van der Waals surface area contributed by atoms with Crippen LogP contribution in [0.4, 0.5) is 0 Å². The average Bonchev–Trinajstić information content (AvgIpc) is 3.35. The molecule has 0 radical (unpaired) electrons. The van der Waals surface area contributed by atoms with Gasteiger partial charge in [-0.2, -0.15) is 0 Å². The van der Waals surface area contributed by atoms with Gasteiger partial charge in [0.2, 0.25) is 0 Å². The van der Waals surface area contributed by atoms with Gasteiger partial charge in [-0.1, -0.05) is 42.5 Å². The molecule has 0 heterocycles. The van der Waals surface area contributed by atoms with Crippen molar-refractivity contribution in [3.63, 3.8) is 0 Å². The molecule has 110 valence electrons. The first kappa shape index (κ1) is 14.1. The summed E-state index contributed by atoms with van der Waals surface area (Å²) in [6.07, 6.45) is 2.50. The van der Waals surface area contributed by atoms with Crippen LogP contribution in [-0.4, -0.2) is 19.6 Å². The molecule has 1 atom stereocenters. The zero-order valence-electron chi connectivity index (χ0n) is 12.6. The van der Waals surface area contributed by atoms with Crippen LogP contribution < -0.4 is 5.32 Å². The van der Waals surface area contributed by atoms with Gasteiger partial charge in [0.15, 0.2) is 0 Å². The Hall–Kier alpha value is -1.87. The van der Waals surface area contributed by atoms with E-state index in [-0.39, 0.29) is 5.97 Å². The normalized spacial score (nSPS) is 17.4. The number of rotatable bonds is 5. The Morgan fingerprint density at radius 3 is 2.67 bits per heavy atom. The van der Waals surface area contributed by atoms with Gasteiger partial charge in [-0.3, -0.25) is 5.32 Å². The lowest BCUT2D eigenvalue weighted by molar-refractivity contribution is -0.148. The smallest absolute Gasteiger partial charge is 0.330 e. The molecule has 1 aliphatic rings. The van der Waals surface area contributed by atoms with Gasteiger partial charge in [0.1, 0.15) is 5.54 Å². The van der Waals surface area contributed by atoms with Crippen molar-refractivity contribution in [1.29, 1.82) is 0 Å². The minimum atomic E-state index is -0.807. The zero-order valence-corrected chi connectivity index (χ0v) is 12.6. The number of nitrogens with one attached hydrogen (secondary N) is 1. The molecule has 1 saturated carbocycles. The highest BCUT2D eigenvalue weighted by Crippen LogP contribution is 2.33. The van der Waals surface area contributed by atoms with E-state index in [0.717, 1.165) is 22.9 Å². The molecular weight excluding hydrogens is 262 g/mol. The summed E-state index contributed by atoms with van der Waals surface area (Å²) in [6.45, 7) is 2.78. The topological polar surface area (TPSA) is 38.3 Å². The SMILES string of the molecule is COC(=O)C(C)(NCC1CC1)c1cccc2ccccc12. The second-order valence-electron chi connectivity index (χ2n) is 5.97. The molecule has 0 aliphatic heterocycles. The van der Waals surface area contributed by atoms with Crippen molar-refractivity contribution >= 4 is 16.7 Å². The predicted molar refractivity (Wildman–Crippen MR) is 84.0 cm³/mol. The number of carbonyl (C=O) groups is 1. The summed E-state index contributed by atoms with van der Waals surface area (Å²) in [5.74, 6) is 0.462. The highest BCUT2D eigenvalue weighted by Gasteiger charge is 2.38. The second-order valence-corrected chi connectivity index (χ2v) is 5.97. The molecule has 0 amide bonds. The molecule has 21 heavy (non-hydrogen) atoms. The van der Waals surface area contributed by atoms with E-state index in [1.807, 2.05) is 31.2 Å². The monoisotopic (exact) mass is 283 g/mol. The predicted octanol–water partition coefficient (Wildman–Crippen LogP) is 3.23. The van der Waals surface area contributed by atoms with Crippen molar-refractivity contribution in [2.45, 2.75) is 25.3 Å². The van der Waals surface area contributed by atoms with Crippen LogP contribution in [0.1, 0.15) is 25.3 Å². The van der Waals surface area contributed by atoms with E-state index in [1.165, 1.54) is 20.0 Å². The van der Waals surface area contributed by atoms with E-state index in [4.69, 9.17) is 4.74 Å². The van der Waals surface area contributed by atoms with Crippen LogP contribution in [0.25, 0.3) is 10.8 Å². The lowest BCUT2D eigenvalue weighted by atomic mass is 9.87. The zero-order chi connectivity index (χ0) is 14.9. The second kappa shape index (κ2) is 5.49. The van der Waals surface area contributed by atoms with Crippen molar-refractivity contribution < 1.29 is 9.53 Å². The van der Waals surface area contributed by atoms with Crippen molar-refractivity contribution in [3.8, 4) is 0 Å². The Morgan fingerprint density at radius 1 is 1.24 bits per heavy atom. The highest BCUT2D eigenvalue weighted by molar-refractivity contribution is 5.93. The molecule has 2 aromatic rings. The maximum absolute atomic E-state index is 12.4. The van der Waals surface area contributed by atoms with Crippen LogP contribution >= 0.6 is 0 Å². The van der Waals surface area contributed by atoms with Crippen molar-refractivity contribution in [2.75, 3.05) is 13.7 Å². The van der Waals surface area contributed by atoms with Gasteiger partial charge in [-0.25, -0.2) is 4.79 Å². The Bertz CT molecular complexity index is 658. The van der Waals surface area contributed by atoms with Crippen molar-refractivity contribution in [2.24, 2.45) is 5.92 Å². The van der Waals surface area contributed by atoms with Gasteiger partial charge in [-0.05, 0) is 48.6 Å². The van der Waals surface area contributed by atoms with Gasteiger partial charge >= 0.3 is 5.97 Å². The molecular formula is C18H21NO2. The first-order valence-electron chi connectivity index (χ1n) is 7.47. The first-order chi connectivity index (χ1) is 10.1. The lowest BCUT2D eigenvalue weighted by Crippen LogP contribution is -2.48. The molecule has 1 fully saturated rings. The molecule has 0 spiro atoms. The third-order valence-corrected chi connectivity index (χ3v) is 4.36. The molecule has 3 heteroatoms. The van der Waals surface area contributed by atoms with Crippen LogP contribution in [0.5, 0.6) is 0 Å². The average molecular weight is 283 g/mol. The molecule has 1 N–H and O–H groups in total. The molecule has 0 aromatic heterocycles. The fourth-order valence-electron chi connectivity index (χ4n) is 2.81. The molecule has 0 bridgehead atoms. The highest BCUT2D eigenvalue weighted by atomic mass is 16.5. The molecule has 3 rings (SSSR count). The van der Waals surface area contributed by atoms with E-state index in [9.17, 15) is 4.79 Å². The van der Waals surface area contributed by atoms with Crippen LogP contribution in [0.15, 0.2) is 42.5 Å². The maximum atomic E-state index is 12.4. The number of methoxy groups -OCH3 is 1. The largest absolute Gasteiger partial charge is 0.467 e. The summed E-state index contributed by atoms with van der Waals surface area (Å²) in [7, 11) is 1.45. The number of hydrogen-bond donors (Lipinski definition) is 1. The van der Waals surface area contributed by atoms with Crippen molar-refractivity contribution in [3.05, 3.63) is 48.0 Å². The summed E-state index contributed by atoms with van der Waals surface area (Å²) in [5, 5.41) is 5.67. The third-order valence-electron chi connectivity index (χ3n) is 4.36. The van der Waals surface area contributed by atoms with Crippen LogP contribution in [0.3, 0.4) is 0 Å². The summed E-state index contributed by atoms with van der Waals surface area (Å²) in [6, 6.07) is 14.2. The fraction of sp³-hybridized carbons (Fsp3) is 0.389. The number of carbonyl (C=O) groups excluding carboxylic acids is 1. The van der Waals surface area contributed by atoms with E-state index in [0.29, 0.717) is 5.92 Å². The maximum Gasteiger partial charge on any atom is 0.330 e. The van der Waals surface area contributed by atoms with Crippen LogP contribution in [-0.2, 0) is 15.1 Å². The molecule has 1 aliphatic carbocycles. The minimum Gasteiger partial charge on any atom is -0.467 e. The number of fused-ring (bicyclic) bond motifs is 1. The van der Waals surface area contributed by atoms with Gasteiger partial charge in [0.05, 0.1) is 7.11 Å². The fourth-order valence-corrected chi connectivity index (χ4v) is 2.81. The Labute approximate surface area is 125 Å².